The van der Waals surface area contributed by atoms with Crippen LogP contribution in [0.25, 0.3) is 0 Å². The molecule has 4 atom stereocenters. The molecule has 0 heterocycles. The van der Waals surface area contributed by atoms with Gasteiger partial charge in [-0.15, -0.1) is 12.4 Å². The topological polar surface area (TPSA) is 34.1 Å². The molecule has 30 heavy (non-hydrogen) atoms. The van der Waals surface area contributed by atoms with Crippen LogP contribution in [-0.4, -0.2) is 44.0 Å². The highest BCUT2D eigenvalue weighted by molar-refractivity contribution is 5.92. The highest BCUT2D eigenvalue weighted by Gasteiger charge is 2.53. The summed E-state index contributed by atoms with van der Waals surface area (Å²) in [5, 5.41) is 4.70. The Labute approximate surface area is 188 Å². The quantitative estimate of drug-likeness (QED) is 0.408. The van der Waals surface area contributed by atoms with Gasteiger partial charge in [0, 0.05) is 12.0 Å². The fourth-order valence-electron chi connectivity index (χ4n) is 6.46. The van der Waals surface area contributed by atoms with Crippen molar-refractivity contribution in [3.8, 4) is 5.75 Å². The number of fused-ring (bicyclic) bond motifs is 5. The van der Waals surface area contributed by atoms with Crippen LogP contribution in [-0.2, 0) is 11.3 Å². The van der Waals surface area contributed by atoms with Gasteiger partial charge in [-0.05, 0) is 92.6 Å². The smallest absolute Gasteiger partial charge is 0.129 e. The number of hydrogen-bond donors (Lipinski definition) is 0. The van der Waals surface area contributed by atoms with E-state index in [1.54, 1.807) is 12.7 Å². The van der Waals surface area contributed by atoms with Crippen molar-refractivity contribution in [3.05, 3.63) is 29.3 Å². The van der Waals surface area contributed by atoms with Gasteiger partial charge >= 0.3 is 0 Å². The highest BCUT2D eigenvalue weighted by Crippen LogP contribution is 2.60. The number of benzene rings is 1. The number of likely N-dealkylation sites (N-methyl/N-ethyl adjacent to an activating group) is 1. The Bertz CT molecular complexity index is 749. The Kier molecular flexibility index (Phi) is 7.73. The van der Waals surface area contributed by atoms with Crippen molar-refractivity contribution in [3.63, 3.8) is 0 Å². The van der Waals surface area contributed by atoms with E-state index in [-0.39, 0.29) is 17.8 Å². The minimum Gasteiger partial charge on any atom is -0.497 e. The van der Waals surface area contributed by atoms with Gasteiger partial charge in [0.1, 0.15) is 12.4 Å². The van der Waals surface area contributed by atoms with Gasteiger partial charge in [0.2, 0.25) is 0 Å². The molecule has 0 bridgehead atoms. The molecule has 0 spiro atoms. The summed E-state index contributed by atoms with van der Waals surface area (Å²) >= 11 is 0. The fourth-order valence-corrected chi connectivity index (χ4v) is 6.46. The zero-order chi connectivity index (χ0) is 20.4. The van der Waals surface area contributed by atoms with Crippen LogP contribution in [0.4, 0.5) is 0 Å². The van der Waals surface area contributed by atoms with E-state index < -0.39 is 0 Å². The van der Waals surface area contributed by atoms with Crippen molar-refractivity contribution >= 4 is 18.1 Å². The van der Waals surface area contributed by atoms with E-state index in [4.69, 9.17) is 14.7 Å². The molecule has 2 saturated carbocycles. The van der Waals surface area contributed by atoms with E-state index in [9.17, 15) is 0 Å². The van der Waals surface area contributed by atoms with E-state index in [1.807, 2.05) is 0 Å². The molecule has 2 fully saturated rings. The number of hydrogen-bond acceptors (Lipinski definition) is 4. The number of oxime groups is 1. The molecule has 168 valence electrons. The van der Waals surface area contributed by atoms with Crippen molar-refractivity contribution in [2.45, 2.75) is 65.2 Å². The molecule has 3 aliphatic rings. The predicted molar refractivity (Wildman–Crippen MR) is 126 cm³/mol. The summed E-state index contributed by atoms with van der Waals surface area (Å²) in [5.74, 6) is 3.25. The van der Waals surface area contributed by atoms with Gasteiger partial charge in [-0.1, -0.05) is 32.0 Å². The summed E-state index contributed by atoms with van der Waals surface area (Å²) < 4.78 is 5.46. The Morgan fingerprint density at radius 3 is 2.67 bits per heavy atom. The lowest BCUT2D eigenvalue weighted by Gasteiger charge is -2.49. The first-order chi connectivity index (χ1) is 14.1. The van der Waals surface area contributed by atoms with Crippen LogP contribution in [0.5, 0.6) is 5.75 Å². The maximum atomic E-state index is 5.82. The van der Waals surface area contributed by atoms with Gasteiger partial charge in [-0.3, -0.25) is 0 Å². The molecule has 0 unspecified atom stereocenters. The van der Waals surface area contributed by atoms with E-state index in [0.717, 1.165) is 43.6 Å². The van der Waals surface area contributed by atoms with Crippen molar-refractivity contribution in [2.24, 2.45) is 22.4 Å². The molecule has 0 aliphatic heterocycles. The largest absolute Gasteiger partial charge is 0.497 e. The van der Waals surface area contributed by atoms with Crippen molar-refractivity contribution in [1.29, 1.82) is 0 Å². The second-order valence-corrected chi connectivity index (χ2v) is 9.37. The van der Waals surface area contributed by atoms with Crippen molar-refractivity contribution < 1.29 is 9.57 Å². The van der Waals surface area contributed by atoms with Crippen LogP contribution in [0.2, 0.25) is 0 Å². The van der Waals surface area contributed by atoms with Gasteiger partial charge in [0.15, 0.2) is 0 Å². The minimum atomic E-state index is 0. The molecule has 0 radical (unpaired) electrons. The number of methoxy groups -OCH3 is 1. The lowest BCUT2D eigenvalue weighted by atomic mass is 9.55. The first kappa shape index (κ1) is 23.4. The summed E-state index contributed by atoms with van der Waals surface area (Å²) in [7, 11) is 1.77. The predicted octanol–water partition coefficient (Wildman–Crippen LogP) is 5.69. The SMILES string of the molecule is CCN(CC)CCO/N=C1\CC[C@H]2[C@@H]3CCc4cc(OC)ccc4[C@H]3CC[C@]12C.Cl. The first-order valence-corrected chi connectivity index (χ1v) is 11.7. The second kappa shape index (κ2) is 9.91. The number of nitrogens with zero attached hydrogens (tertiary/aromatic N) is 2. The van der Waals surface area contributed by atoms with Gasteiger partial charge in [-0.2, -0.15) is 0 Å². The minimum absolute atomic E-state index is 0. The Morgan fingerprint density at radius 2 is 1.93 bits per heavy atom. The molecular formula is C25H39ClN2O2. The lowest BCUT2D eigenvalue weighted by Crippen LogP contribution is -2.42. The lowest BCUT2D eigenvalue weighted by molar-refractivity contribution is 0.0850. The molecule has 0 amide bonds. The van der Waals surface area contributed by atoms with Crippen LogP contribution in [0.3, 0.4) is 0 Å². The average Bonchev–Trinajstić information content (AvgIpc) is 3.09. The zero-order valence-electron chi connectivity index (χ0n) is 19.2. The summed E-state index contributed by atoms with van der Waals surface area (Å²) in [6, 6.07) is 6.76. The van der Waals surface area contributed by atoms with Crippen LogP contribution in [0.15, 0.2) is 23.4 Å². The van der Waals surface area contributed by atoms with Gasteiger partial charge < -0.3 is 14.5 Å². The Balaban J connectivity index is 0.00000256. The van der Waals surface area contributed by atoms with Crippen LogP contribution >= 0.6 is 12.4 Å². The van der Waals surface area contributed by atoms with Gasteiger partial charge in [0.05, 0.1) is 12.8 Å². The Hall–Kier alpha value is -1.26. The number of aryl methyl sites for hydroxylation is 1. The van der Waals surface area contributed by atoms with Gasteiger partial charge in [-0.25, -0.2) is 0 Å². The van der Waals surface area contributed by atoms with E-state index in [2.05, 4.69) is 43.9 Å². The van der Waals surface area contributed by atoms with Crippen LogP contribution in [0, 0.1) is 17.3 Å². The average molecular weight is 435 g/mol. The molecule has 0 N–H and O–H groups in total. The number of halogens is 1. The monoisotopic (exact) mass is 434 g/mol. The highest BCUT2D eigenvalue weighted by atomic mass is 35.5. The summed E-state index contributed by atoms with van der Waals surface area (Å²) in [6.07, 6.45) is 7.40. The van der Waals surface area contributed by atoms with E-state index >= 15 is 0 Å². The first-order valence-electron chi connectivity index (χ1n) is 11.7. The van der Waals surface area contributed by atoms with Crippen LogP contribution in [0.1, 0.15) is 69.9 Å². The molecule has 0 aromatic heterocycles. The van der Waals surface area contributed by atoms with E-state index in [1.165, 1.54) is 43.4 Å². The van der Waals surface area contributed by atoms with E-state index in [0.29, 0.717) is 12.5 Å². The molecular weight excluding hydrogens is 396 g/mol. The second-order valence-electron chi connectivity index (χ2n) is 9.37. The maximum Gasteiger partial charge on any atom is 0.129 e. The molecule has 3 aliphatic carbocycles. The standard InChI is InChI=1S/C25H38N2O2.ClH/c1-5-27(6-2)15-16-29-26-24-12-11-23-22-9-7-18-17-19(28-4)8-10-20(18)21(22)13-14-25(23,24)3;/h8,10,17,21-23H,5-7,9,11-16H2,1-4H3;1H/b26-24+;/t21-,22-,23+,25+;/m1./s1. The Morgan fingerprint density at radius 1 is 1.13 bits per heavy atom. The maximum absolute atomic E-state index is 5.82. The normalized spacial score (nSPS) is 31.0. The van der Waals surface area contributed by atoms with Crippen molar-refractivity contribution in [2.75, 3.05) is 33.4 Å². The number of rotatable bonds is 7. The summed E-state index contributed by atoms with van der Waals surface area (Å²) in [4.78, 5) is 8.20. The third-order valence-corrected chi connectivity index (χ3v) is 8.24. The van der Waals surface area contributed by atoms with Crippen LogP contribution < -0.4 is 4.74 Å². The summed E-state index contributed by atoms with van der Waals surface area (Å²) in [5.41, 5.74) is 4.67. The molecule has 4 nitrogen and oxygen atoms in total. The van der Waals surface area contributed by atoms with Crippen molar-refractivity contribution in [1.82, 2.24) is 4.90 Å². The molecule has 4 rings (SSSR count). The third kappa shape index (κ3) is 4.23. The zero-order valence-corrected chi connectivity index (χ0v) is 20.0. The molecule has 0 saturated heterocycles. The molecule has 5 heteroatoms. The third-order valence-electron chi connectivity index (χ3n) is 8.24. The van der Waals surface area contributed by atoms with Gasteiger partial charge in [0.25, 0.3) is 0 Å². The fraction of sp³-hybridized carbons (Fsp3) is 0.720. The molecule has 1 aromatic rings. The summed E-state index contributed by atoms with van der Waals surface area (Å²) in [6.45, 7) is 10.7. The number of ether oxygens (including phenoxy) is 1. The molecule has 1 aromatic carbocycles.